The van der Waals surface area contributed by atoms with Crippen molar-refractivity contribution in [2.24, 2.45) is 0 Å². The van der Waals surface area contributed by atoms with E-state index >= 15 is 0 Å². The zero-order chi connectivity index (χ0) is 20.4. The lowest BCUT2D eigenvalue weighted by Gasteiger charge is -2.33. The fourth-order valence-corrected chi connectivity index (χ4v) is 4.63. The molecule has 4 rings (SSSR count). The van der Waals surface area contributed by atoms with Gasteiger partial charge in [-0.25, -0.2) is 0 Å². The van der Waals surface area contributed by atoms with Crippen LogP contribution < -0.4 is 20.3 Å². The normalized spacial score (nSPS) is 24.0. The van der Waals surface area contributed by atoms with Gasteiger partial charge in [0, 0.05) is 49.6 Å². The number of hydrazine groups is 1. The lowest BCUT2D eigenvalue weighted by molar-refractivity contribution is 0.0701. The van der Waals surface area contributed by atoms with E-state index in [2.05, 4.69) is 28.8 Å². The molecule has 0 spiro atoms. The van der Waals surface area contributed by atoms with Crippen molar-refractivity contribution < 1.29 is 14.3 Å². The van der Waals surface area contributed by atoms with E-state index in [-0.39, 0.29) is 23.9 Å². The largest absolute Gasteiger partial charge is 0.497 e. The summed E-state index contributed by atoms with van der Waals surface area (Å²) >= 11 is 0. The monoisotopic (exact) mass is 396 g/mol. The highest BCUT2D eigenvalue weighted by molar-refractivity contribution is 5.97. The lowest BCUT2D eigenvalue weighted by atomic mass is 9.86. The maximum Gasteiger partial charge on any atom is 0.257 e. The Bertz CT molecular complexity index is 888. The molecule has 2 aliphatic heterocycles. The second-order valence-corrected chi connectivity index (χ2v) is 7.66. The van der Waals surface area contributed by atoms with Gasteiger partial charge < -0.3 is 14.4 Å². The quantitative estimate of drug-likeness (QED) is 0.808. The molecule has 2 N–H and O–H groups in total. The molecule has 1 amide bonds. The van der Waals surface area contributed by atoms with E-state index in [0.717, 1.165) is 25.9 Å². The summed E-state index contributed by atoms with van der Waals surface area (Å²) in [4.78, 5) is 19.7. The number of pyridine rings is 1. The molecule has 3 unspecified atom stereocenters. The van der Waals surface area contributed by atoms with Gasteiger partial charge in [0.1, 0.15) is 11.5 Å². The Morgan fingerprint density at radius 3 is 2.86 bits per heavy atom. The van der Waals surface area contributed by atoms with E-state index in [9.17, 15) is 4.79 Å². The number of methoxy groups -OCH3 is 2. The number of aryl methyl sites for hydroxylation is 1. The number of carbonyl (C=O) groups excluding carboxylic acids is 1. The second-order valence-electron chi connectivity index (χ2n) is 7.66. The predicted octanol–water partition coefficient (Wildman–Crippen LogP) is 2.27. The van der Waals surface area contributed by atoms with Crippen LogP contribution in [0.1, 0.15) is 40.2 Å². The number of likely N-dealkylation sites (tertiary alicyclic amines) is 1. The van der Waals surface area contributed by atoms with Crippen LogP contribution in [0.2, 0.25) is 0 Å². The average molecular weight is 396 g/mol. The van der Waals surface area contributed by atoms with Crippen LogP contribution in [0, 0.1) is 6.92 Å². The third kappa shape index (κ3) is 3.68. The number of amides is 1. The number of benzene rings is 1. The molecule has 2 aromatic rings. The Balaban J connectivity index is 1.61. The number of nitrogens with one attached hydrogen (secondary N) is 2. The first-order chi connectivity index (χ1) is 14.1. The van der Waals surface area contributed by atoms with E-state index in [1.165, 1.54) is 11.1 Å². The molecule has 2 saturated heterocycles. The predicted molar refractivity (Wildman–Crippen MR) is 110 cm³/mol. The van der Waals surface area contributed by atoms with Crippen LogP contribution in [0.4, 0.5) is 0 Å². The Kier molecular flexibility index (Phi) is 5.69. The molecule has 0 bridgehead atoms. The standard InChI is InChI=1S/C22H28N4O3/c1-14-12-23-9-8-16(14)18-13-24-25-21(18)19-5-4-10-26(19)22(27)17-7-6-15(28-2)11-20(17)29-3/h6-9,11-12,18-19,21,24-25H,4-5,10,13H2,1-3H3. The van der Waals surface area contributed by atoms with Crippen LogP contribution >= 0.6 is 0 Å². The molecule has 3 heterocycles. The molecule has 1 aromatic heterocycles. The van der Waals surface area contributed by atoms with Crippen LogP contribution in [0.15, 0.2) is 36.7 Å². The molecular weight excluding hydrogens is 368 g/mol. The summed E-state index contributed by atoms with van der Waals surface area (Å²) in [6, 6.07) is 7.71. The van der Waals surface area contributed by atoms with Crippen LogP contribution in [0.25, 0.3) is 0 Å². The van der Waals surface area contributed by atoms with Gasteiger partial charge in [0.25, 0.3) is 5.91 Å². The van der Waals surface area contributed by atoms with E-state index in [0.29, 0.717) is 17.1 Å². The minimum absolute atomic E-state index is 0.00547. The van der Waals surface area contributed by atoms with Gasteiger partial charge in [-0.2, -0.15) is 0 Å². The molecule has 1 aromatic carbocycles. The maximum absolute atomic E-state index is 13.5. The number of nitrogens with zero attached hydrogens (tertiary/aromatic N) is 2. The number of hydrogen-bond donors (Lipinski definition) is 2. The number of rotatable bonds is 5. The minimum atomic E-state index is 0.00547. The molecule has 7 nitrogen and oxygen atoms in total. The summed E-state index contributed by atoms with van der Waals surface area (Å²) in [6.07, 6.45) is 5.72. The highest BCUT2D eigenvalue weighted by atomic mass is 16.5. The van der Waals surface area contributed by atoms with Gasteiger partial charge >= 0.3 is 0 Å². The number of hydrogen-bond acceptors (Lipinski definition) is 6. The van der Waals surface area contributed by atoms with Gasteiger partial charge in [-0.15, -0.1) is 0 Å². The van der Waals surface area contributed by atoms with Gasteiger partial charge in [-0.05, 0) is 49.1 Å². The smallest absolute Gasteiger partial charge is 0.257 e. The third-order valence-corrected chi connectivity index (χ3v) is 6.10. The van der Waals surface area contributed by atoms with Gasteiger partial charge in [-0.3, -0.25) is 20.6 Å². The Morgan fingerprint density at radius 2 is 2.10 bits per heavy atom. The molecule has 2 fully saturated rings. The van der Waals surface area contributed by atoms with Crippen LogP contribution in [-0.4, -0.2) is 55.2 Å². The minimum Gasteiger partial charge on any atom is -0.497 e. The van der Waals surface area contributed by atoms with Gasteiger partial charge in [0.15, 0.2) is 0 Å². The van der Waals surface area contributed by atoms with E-state index < -0.39 is 0 Å². The van der Waals surface area contributed by atoms with Crippen molar-refractivity contribution in [1.29, 1.82) is 0 Å². The molecule has 154 valence electrons. The van der Waals surface area contributed by atoms with E-state index in [1.54, 1.807) is 32.4 Å². The van der Waals surface area contributed by atoms with Gasteiger partial charge in [0.05, 0.1) is 19.8 Å². The fourth-order valence-electron chi connectivity index (χ4n) is 4.63. The molecule has 29 heavy (non-hydrogen) atoms. The molecule has 3 atom stereocenters. The highest BCUT2D eigenvalue weighted by Gasteiger charge is 2.42. The van der Waals surface area contributed by atoms with Crippen LogP contribution in [0.3, 0.4) is 0 Å². The van der Waals surface area contributed by atoms with Crippen molar-refractivity contribution in [1.82, 2.24) is 20.7 Å². The van der Waals surface area contributed by atoms with Crippen LogP contribution in [-0.2, 0) is 0 Å². The van der Waals surface area contributed by atoms with Crippen molar-refractivity contribution in [2.75, 3.05) is 27.3 Å². The van der Waals surface area contributed by atoms with E-state index in [4.69, 9.17) is 9.47 Å². The topological polar surface area (TPSA) is 75.7 Å². The van der Waals surface area contributed by atoms with Crippen molar-refractivity contribution in [3.63, 3.8) is 0 Å². The molecular formula is C22H28N4O3. The third-order valence-electron chi connectivity index (χ3n) is 6.10. The molecule has 0 saturated carbocycles. The first kappa shape index (κ1) is 19.7. The maximum atomic E-state index is 13.5. The van der Waals surface area contributed by atoms with E-state index in [1.807, 2.05) is 17.3 Å². The summed E-state index contributed by atoms with van der Waals surface area (Å²) < 4.78 is 10.7. The number of carbonyl (C=O) groups is 1. The van der Waals surface area contributed by atoms with Crippen molar-refractivity contribution in [2.45, 2.75) is 37.8 Å². The summed E-state index contributed by atoms with van der Waals surface area (Å²) in [7, 11) is 3.18. The van der Waals surface area contributed by atoms with Gasteiger partial charge in [0.2, 0.25) is 0 Å². The van der Waals surface area contributed by atoms with Crippen molar-refractivity contribution >= 4 is 5.91 Å². The number of aromatic nitrogens is 1. The highest BCUT2D eigenvalue weighted by Crippen LogP contribution is 2.34. The first-order valence-corrected chi connectivity index (χ1v) is 10.1. The zero-order valence-corrected chi connectivity index (χ0v) is 17.1. The summed E-state index contributed by atoms with van der Waals surface area (Å²) in [5, 5.41) is 0. The van der Waals surface area contributed by atoms with Crippen molar-refractivity contribution in [3.05, 3.63) is 53.3 Å². The first-order valence-electron chi connectivity index (χ1n) is 10.1. The fraction of sp³-hybridized carbons (Fsp3) is 0.455. The molecule has 0 radical (unpaired) electrons. The average Bonchev–Trinajstić information content (AvgIpc) is 3.42. The lowest BCUT2D eigenvalue weighted by Crippen LogP contribution is -2.50. The summed E-state index contributed by atoms with van der Waals surface area (Å²) in [5.41, 5.74) is 9.79. The second kappa shape index (κ2) is 8.39. The molecule has 7 heteroatoms. The zero-order valence-electron chi connectivity index (χ0n) is 17.1. The Hall–Kier alpha value is -2.64. The summed E-state index contributed by atoms with van der Waals surface area (Å²) in [6.45, 7) is 3.68. The van der Waals surface area contributed by atoms with Gasteiger partial charge in [-0.1, -0.05) is 0 Å². The Morgan fingerprint density at radius 1 is 1.24 bits per heavy atom. The van der Waals surface area contributed by atoms with Crippen molar-refractivity contribution in [3.8, 4) is 11.5 Å². The Labute approximate surface area is 171 Å². The summed E-state index contributed by atoms with van der Waals surface area (Å²) in [5.74, 6) is 1.50. The molecule has 0 aliphatic carbocycles. The molecule has 2 aliphatic rings. The van der Waals surface area contributed by atoms with Crippen LogP contribution in [0.5, 0.6) is 11.5 Å². The number of ether oxygens (including phenoxy) is 2. The SMILES string of the molecule is COc1ccc(C(=O)N2CCCC2C2NNCC2c2ccncc2C)c(OC)c1.